The fourth-order valence-electron chi connectivity index (χ4n) is 3.71. The Hall–Kier alpha value is -3.07. The Bertz CT molecular complexity index is 941. The minimum Gasteiger partial charge on any atom is -0.361 e. The zero-order valence-corrected chi connectivity index (χ0v) is 15.1. The largest absolute Gasteiger partial charge is 0.361 e. The average molecular weight is 386 g/mol. The van der Waals surface area contributed by atoms with Gasteiger partial charge in [0.15, 0.2) is 0 Å². The molecule has 2 aromatic rings. The number of nitrogens with one attached hydrogen (secondary N) is 1. The van der Waals surface area contributed by atoms with E-state index in [1.54, 1.807) is 21.9 Å². The Morgan fingerprint density at radius 1 is 1.14 bits per heavy atom. The number of halogens is 1. The molecule has 2 aliphatic rings. The fourth-order valence-corrected chi connectivity index (χ4v) is 3.71. The van der Waals surface area contributed by atoms with Gasteiger partial charge in [0.05, 0.1) is 13.1 Å². The molecule has 1 atom stereocenters. The number of morpholine rings is 1. The quantitative estimate of drug-likeness (QED) is 0.829. The van der Waals surface area contributed by atoms with Gasteiger partial charge in [-0.2, -0.15) is 5.10 Å². The van der Waals surface area contributed by atoms with Gasteiger partial charge >= 0.3 is 0 Å². The molecule has 146 valence electrons. The first kappa shape index (κ1) is 18.3. The molecule has 2 fully saturated rings. The second-order valence-electron chi connectivity index (χ2n) is 7.06. The summed E-state index contributed by atoms with van der Waals surface area (Å²) < 4.78 is 19.1. The molecule has 1 spiro atoms. The highest BCUT2D eigenvalue weighted by Gasteiger charge is 2.44. The minimum absolute atomic E-state index is 0.101. The molecule has 2 amide bonds. The Kier molecular flexibility index (Phi) is 4.68. The average Bonchev–Trinajstić information content (AvgIpc) is 2.71. The van der Waals surface area contributed by atoms with E-state index < -0.39 is 5.60 Å². The summed E-state index contributed by atoms with van der Waals surface area (Å²) in [5.41, 5.74) is -0.326. The molecule has 0 bridgehead atoms. The number of amides is 2. The molecule has 1 unspecified atom stereocenters. The molecule has 8 nitrogen and oxygen atoms in total. The van der Waals surface area contributed by atoms with Gasteiger partial charge < -0.3 is 14.5 Å². The van der Waals surface area contributed by atoms with E-state index >= 15 is 0 Å². The summed E-state index contributed by atoms with van der Waals surface area (Å²) in [5.74, 6) is -0.880. The number of carbonyl (C=O) groups excluding carboxylic acids is 2. The van der Waals surface area contributed by atoms with E-state index in [2.05, 4.69) is 10.2 Å². The first-order valence-electron chi connectivity index (χ1n) is 9.01. The summed E-state index contributed by atoms with van der Waals surface area (Å²) >= 11 is 0. The number of ether oxygens (including phenoxy) is 1. The number of H-pyrrole nitrogens is 1. The number of nitrogens with zero attached hydrogens (tertiary/aromatic N) is 3. The zero-order chi connectivity index (χ0) is 19.7. The van der Waals surface area contributed by atoms with Gasteiger partial charge in [-0.15, -0.1) is 0 Å². The standard InChI is InChI=1S/C19H19FN4O4/c20-13-2-4-14(5-3-13)24-12-19(28-10-17(24)26)8-1-9-23(11-19)18(27)15-6-7-16(25)22-21-15/h2-7H,1,8-12H2,(H,22,25). The number of likely N-dealkylation sites (tertiary alicyclic amines) is 1. The second kappa shape index (κ2) is 7.16. The van der Waals surface area contributed by atoms with E-state index in [9.17, 15) is 18.8 Å². The van der Waals surface area contributed by atoms with Crippen molar-refractivity contribution in [3.63, 3.8) is 0 Å². The molecule has 1 aromatic heterocycles. The van der Waals surface area contributed by atoms with Crippen LogP contribution in [0.3, 0.4) is 0 Å². The third-order valence-electron chi connectivity index (χ3n) is 5.11. The second-order valence-corrected chi connectivity index (χ2v) is 7.06. The summed E-state index contributed by atoms with van der Waals surface area (Å²) in [5, 5.41) is 6.06. The van der Waals surface area contributed by atoms with Crippen LogP contribution in [0.1, 0.15) is 23.3 Å². The lowest BCUT2D eigenvalue weighted by molar-refractivity contribution is -0.144. The lowest BCUT2D eigenvalue weighted by atomic mass is 9.90. The van der Waals surface area contributed by atoms with Crippen LogP contribution in [0.2, 0.25) is 0 Å². The molecule has 28 heavy (non-hydrogen) atoms. The number of aromatic nitrogens is 2. The van der Waals surface area contributed by atoms with E-state index in [0.717, 1.165) is 0 Å². The van der Waals surface area contributed by atoms with Crippen LogP contribution in [0.15, 0.2) is 41.2 Å². The lowest BCUT2D eigenvalue weighted by Crippen LogP contribution is -2.62. The number of hydrogen-bond donors (Lipinski definition) is 1. The van der Waals surface area contributed by atoms with E-state index in [0.29, 0.717) is 31.6 Å². The molecule has 2 saturated heterocycles. The van der Waals surface area contributed by atoms with Crippen LogP contribution in [0.4, 0.5) is 10.1 Å². The SMILES string of the molecule is O=C(c1ccc(=O)[nH]n1)N1CCCC2(C1)CN(c1ccc(F)cc1)C(=O)CO2. The van der Waals surface area contributed by atoms with Crippen molar-refractivity contribution in [2.45, 2.75) is 18.4 Å². The molecule has 1 N–H and O–H groups in total. The molecule has 2 aliphatic heterocycles. The number of aromatic amines is 1. The maximum absolute atomic E-state index is 13.2. The van der Waals surface area contributed by atoms with Crippen molar-refractivity contribution in [3.05, 3.63) is 58.3 Å². The lowest BCUT2D eigenvalue weighted by Gasteiger charge is -2.47. The topological polar surface area (TPSA) is 95.6 Å². The van der Waals surface area contributed by atoms with E-state index in [1.165, 1.54) is 24.3 Å². The van der Waals surface area contributed by atoms with Gasteiger partial charge in [0.2, 0.25) is 0 Å². The normalized spacial score (nSPS) is 22.5. The van der Waals surface area contributed by atoms with Crippen molar-refractivity contribution in [3.8, 4) is 0 Å². The third kappa shape index (κ3) is 3.53. The maximum Gasteiger partial charge on any atom is 0.274 e. The highest BCUT2D eigenvalue weighted by Crippen LogP contribution is 2.32. The predicted octanol–water partition coefficient (Wildman–Crippen LogP) is 0.947. The highest BCUT2D eigenvalue weighted by atomic mass is 19.1. The Labute approximate surface area is 159 Å². The summed E-state index contributed by atoms with van der Waals surface area (Å²) in [7, 11) is 0. The smallest absolute Gasteiger partial charge is 0.274 e. The van der Waals surface area contributed by atoms with Gasteiger partial charge in [-0.25, -0.2) is 9.49 Å². The molecular formula is C19H19FN4O4. The molecule has 0 saturated carbocycles. The van der Waals surface area contributed by atoms with Crippen LogP contribution in [0.25, 0.3) is 0 Å². The van der Waals surface area contributed by atoms with Crippen LogP contribution in [0, 0.1) is 5.82 Å². The molecule has 0 aliphatic carbocycles. The first-order chi connectivity index (χ1) is 13.5. The van der Waals surface area contributed by atoms with Crippen LogP contribution in [-0.2, 0) is 9.53 Å². The highest BCUT2D eigenvalue weighted by molar-refractivity contribution is 5.95. The number of anilines is 1. The summed E-state index contributed by atoms with van der Waals surface area (Å²) in [6.07, 6.45) is 1.40. The summed E-state index contributed by atoms with van der Waals surface area (Å²) in [4.78, 5) is 39.5. The molecular weight excluding hydrogens is 367 g/mol. The number of hydrogen-bond acceptors (Lipinski definition) is 5. The van der Waals surface area contributed by atoms with E-state index in [4.69, 9.17) is 4.74 Å². The monoisotopic (exact) mass is 386 g/mol. The zero-order valence-electron chi connectivity index (χ0n) is 15.1. The van der Waals surface area contributed by atoms with Gasteiger partial charge in [-0.3, -0.25) is 14.4 Å². The van der Waals surface area contributed by atoms with Crippen molar-refractivity contribution in [1.29, 1.82) is 0 Å². The first-order valence-corrected chi connectivity index (χ1v) is 9.01. The predicted molar refractivity (Wildman–Crippen MR) is 97.4 cm³/mol. The molecule has 3 heterocycles. The molecule has 0 radical (unpaired) electrons. The summed E-state index contributed by atoms with van der Waals surface area (Å²) in [6.45, 7) is 1.02. The number of carbonyl (C=O) groups is 2. The Morgan fingerprint density at radius 2 is 1.93 bits per heavy atom. The fraction of sp³-hybridized carbons (Fsp3) is 0.368. The summed E-state index contributed by atoms with van der Waals surface area (Å²) in [6, 6.07) is 8.38. The van der Waals surface area contributed by atoms with Crippen molar-refractivity contribution in [2.75, 3.05) is 31.1 Å². The van der Waals surface area contributed by atoms with Crippen LogP contribution in [0.5, 0.6) is 0 Å². The number of benzene rings is 1. The van der Waals surface area contributed by atoms with Crippen LogP contribution < -0.4 is 10.5 Å². The van der Waals surface area contributed by atoms with Gasteiger partial charge in [0.25, 0.3) is 17.4 Å². The van der Waals surface area contributed by atoms with E-state index in [-0.39, 0.29) is 42.0 Å². The molecule has 1 aromatic carbocycles. The maximum atomic E-state index is 13.2. The van der Waals surface area contributed by atoms with Gasteiger partial charge in [0, 0.05) is 18.3 Å². The van der Waals surface area contributed by atoms with E-state index in [1.807, 2.05) is 0 Å². The van der Waals surface area contributed by atoms with Crippen LogP contribution in [-0.4, -0.2) is 58.8 Å². The van der Waals surface area contributed by atoms with Crippen LogP contribution >= 0.6 is 0 Å². The van der Waals surface area contributed by atoms with Gasteiger partial charge in [-0.05, 0) is 43.2 Å². The number of piperidine rings is 1. The Morgan fingerprint density at radius 3 is 2.64 bits per heavy atom. The Balaban J connectivity index is 1.54. The van der Waals surface area contributed by atoms with Crippen molar-refractivity contribution in [2.24, 2.45) is 0 Å². The molecule has 4 rings (SSSR count). The third-order valence-corrected chi connectivity index (χ3v) is 5.11. The number of rotatable bonds is 2. The van der Waals surface area contributed by atoms with Crippen molar-refractivity contribution >= 4 is 17.5 Å². The van der Waals surface area contributed by atoms with Gasteiger partial charge in [-0.1, -0.05) is 0 Å². The van der Waals surface area contributed by atoms with Crippen molar-refractivity contribution in [1.82, 2.24) is 15.1 Å². The van der Waals surface area contributed by atoms with Gasteiger partial charge in [0.1, 0.15) is 23.7 Å². The molecule has 9 heteroatoms. The van der Waals surface area contributed by atoms with Crippen molar-refractivity contribution < 1.29 is 18.7 Å². The minimum atomic E-state index is -0.696.